The fraction of sp³-hybridized carbons (Fsp3) is 0.353. The number of nitrogens with zero attached hydrogens (tertiary/aromatic N) is 1. The fourth-order valence-corrected chi connectivity index (χ4v) is 3.33. The third kappa shape index (κ3) is 4.55. The van der Waals surface area contributed by atoms with Gasteiger partial charge in [-0.3, -0.25) is 9.54 Å². The van der Waals surface area contributed by atoms with Crippen LogP contribution in [0.3, 0.4) is 0 Å². The van der Waals surface area contributed by atoms with Crippen molar-refractivity contribution in [2.24, 2.45) is 0 Å². The second-order valence-electron chi connectivity index (χ2n) is 5.98. The molecule has 3 rings (SSSR count). The number of rotatable bonds is 6. The molecule has 2 aromatic rings. The van der Waals surface area contributed by atoms with E-state index in [1.165, 1.54) is 12.1 Å². The molecule has 3 N–H and O–H groups in total. The second-order valence-corrected chi connectivity index (χ2v) is 7.41. The van der Waals surface area contributed by atoms with E-state index in [9.17, 15) is 13.5 Å². The minimum atomic E-state index is -4.20. The summed E-state index contributed by atoms with van der Waals surface area (Å²) in [5.74, 6) is 0.623. The first kappa shape index (κ1) is 17.8. The molecule has 134 valence electrons. The maximum absolute atomic E-state index is 11.2. The Morgan fingerprint density at radius 2 is 2.20 bits per heavy atom. The zero-order valence-electron chi connectivity index (χ0n) is 13.5. The third-order valence-electron chi connectivity index (χ3n) is 4.14. The van der Waals surface area contributed by atoms with E-state index in [1.807, 2.05) is 6.07 Å². The molecule has 0 fully saturated rings. The van der Waals surface area contributed by atoms with Gasteiger partial charge in [-0.25, -0.2) is 0 Å². The molecule has 0 saturated carbocycles. The van der Waals surface area contributed by atoms with E-state index in [-0.39, 0.29) is 11.0 Å². The lowest BCUT2D eigenvalue weighted by Gasteiger charge is -2.27. The molecule has 2 atom stereocenters. The van der Waals surface area contributed by atoms with Crippen molar-refractivity contribution in [2.75, 3.05) is 13.1 Å². The lowest BCUT2D eigenvalue weighted by molar-refractivity contribution is 0.146. The van der Waals surface area contributed by atoms with Gasteiger partial charge in [-0.2, -0.15) is 8.42 Å². The molecule has 0 bridgehead atoms. The number of ether oxygens (including phenoxy) is 1. The van der Waals surface area contributed by atoms with Crippen LogP contribution < -0.4 is 10.1 Å². The third-order valence-corrected chi connectivity index (χ3v) is 4.99. The second kappa shape index (κ2) is 7.49. The topological polar surface area (TPSA) is 109 Å². The van der Waals surface area contributed by atoms with Crippen LogP contribution in [0, 0.1) is 0 Å². The summed E-state index contributed by atoms with van der Waals surface area (Å²) >= 11 is 0. The molecule has 25 heavy (non-hydrogen) atoms. The van der Waals surface area contributed by atoms with Crippen LogP contribution >= 0.6 is 0 Å². The summed E-state index contributed by atoms with van der Waals surface area (Å²) in [4.78, 5) is 3.86. The molecule has 8 heteroatoms. The van der Waals surface area contributed by atoms with Crippen LogP contribution in [0.4, 0.5) is 0 Å². The Hall–Kier alpha value is -2.00. The van der Waals surface area contributed by atoms with Crippen LogP contribution in [0.2, 0.25) is 0 Å². The summed E-state index contributed by atoms with van der Waals surface area (Å²) in [6.07, 6.45) is 3.97. The van der Waals surface area contributed by atoms with E-state index in [0.29, 0.717) is 25.3 Å². The minimum Gasteiger partial charge on any atom is -0.489 e. The molecule has 0 saturated heterocycles. The van der Waals surface area contributed by atoms with Crippen LogP contribution in [0.5, 0.6) is 5.75 Å². The van der Waals surface area contributed by atoms with Gasteiger partial charge in [-0.15, -0.1) is 0 Å². The Balaban J connectivity index is 1.53. The summed E-state index contributed by atoms with van der Waals surface area (Å²) in [6, 6.07) is 7.94. The average Bonchev–Trinajstić information content (AvgIpc) is 2.61. The van der Waals surface area contributed by atoms with Crippen molar-refractivity contribution in [1.29, 1.82) is 0 Å². The van der Waals surface area contributed by atoms with Crippen molar-refractivity contribution >= 4 is 10.1 Å². The molecule has 1 aromatic heterocycles. The van der Waals surface area contributed by atoms with E-state index in [4.69, 9.17) is 9.29 Å². The van der Waals surface area contributed by atoms with Crippen LogP contribution in [0.25, 0.3) is 0 Å². The number of aliphatic hydroxyl groups excluding tert-OH is 1. The predicted octanol–water partition coefficient (Wildman–Crippen LogP) is 1.35. The summed E-state index contributed by atoms with van der Waals surface area (Å²) < 4.78 is 37.3. The first-order chi connectivity index (χ1) is 11.9. The van der Waals surface area contributed by atoms with Crippen molar-refractivity contribution in [3.05, 3.63) is 53.9 Å². The molecular weight excluding hydrogens is 344 g/mol. The number of nitrogens with one attached hydrogen (secondary N) is 1. The molecule has 0 amide bonds. The van der Waals surface area contributed by atoms with Crippen LogP contribution in [-0.4, -0.2) is 42.3 Å². The van der Waals surface area contributed by atoms with Gasteiger partial charge < -0.3 is 15.2 Å². The average molecular weight is 364 g/mol. The van der Waals surface area contributed by atoms with Crippen molar-refractivity contribution in [2.45, 2.75) is 29.9 Å². The van der Waals surface area contributed by atoms with Crippen molar-refractivity contribution < 1.29 is 22.8 Å². The molecule has 0 aliphatic carbocycles. The first-order valence-electron chi connectivity index (χ1n) is 7.99. The largest absolute Gasteiger partial charge is 0.489 e. The molecule has 1 aliphatic rings. The van der Waals surface area contributed by atoms with Gasteiger partial charge in [0.15, 0.2) is 0 Å². The van der Waals surface area contributed by atoms with Crippen molar-refractivity contribution in [3.63, 3.8) is 0 Å². The Morgan fingerprint density at radius 3 is 2.92 bits per heavy atom. The van der Waals surface area contributed by atoms with Crippen molar-refractivity contribution in [1.82, 2.24) is 10.3 Å². The van der Waals surface area contributed by atoms with E-state index in [1.54, 1.807) is 24.5 Å². The SMILES string of the molecule is O=S(=O)(O)c1ccc2c(c1)CCC(CNC[C@@H](O)c1cccnc1)O2. The number of benzene rings is 1. The first-order valence-corrected chi connectivity index (χ1v) is 9.43. The number of fused-ring (bicyclic) bond motifs is 1. The van der Waals surface area contributed by atoms with E-state index in [0.717, 1.165) is 17.5 Å². The van der Waals surface area contributed by atoms with Crippen LogP contribution in [-0.2, 0) is 16.5 Å². The number of aryl methyl sites for hydroxylation is 1. The Labute approximate surface area is 146 Å². The highest BCUT2D eigenvalue weighted by molar-refractivity contribution is 7.85. The molecule has 1 aliphatic heterocycles. The number of hydrogen-bond donors (Lipinski definition) is 3. The summed E-state index contributed by atoms with van der Waals surface area (Å²) in [5.41, 5.74) is 1.52. The zero-order valence-corrected chi connectivity index (χ0v) is 14.3. The monoisotopic (exact) mass is 364 g/mol. The number of aliphatic hydroxyl groups is 1. The van der Waals surface area contributed by atoms with Gasteiger partial charge in [0.05, 0.1) is 11.0 Å². The quantitative estimate of drug-likeness (QED) is 0.664. The normalized spacial score (nSPS) is 18.2. The summed E-state index contributed by atoms with van der Waals surface area (Å²) in [7, 11) is -4.20. The summed E-state index contributed by atoms with van der Waals surface area (Å²) in [5, 5.41) is 13.3. The Kier molecular flexibility index (Phi) is 5.33. The predicted molar refractivity (Wildman–Crippen MR) is 91.1 cm³/mol. The number of pyridine rings is 1. The highest BCUT2D eigenvalue weighted by Crippen LogP contribution is 2.29. The smallest absolute Gasteiger partial charge is 0.294 e. The zero-order chi connectivity index (χ0) is 17.9. The summed E-state index contributed by atoms with van der Waals surface area (Å²) in [6.45, 7) is 0.955. The number of hydrogen-bond acceptors (Lipinski definition) is 6. The Morgan fingerprint density at radius 1 is 1.36 bits per heavy atom. The van der Waals surface area contributed by atoms with Crippen LogP contribution in [0.15, 0.2) is 47.6 Å². The van der Waals surface area contributed by atoms with Crippen LogP contribution in [0.1, 0.15) is 23.7 Å². The van der Waals surface area contributed by atoms with E-state index in [2.05, 4.69) is 10.3 Å². The fourth-order valence-electron chi connectivity index (χ4n) is 2.80. The lowest BCUT2D eigenvalue weighted by Crippen LogP contribution is -2.36. The van der Waals surface area contributed by atoms with E-state index < -0.39 is 16.2 Å². The van der Waals surface area contributed by atoms with E-state index >= 15 is 0 Å². The molecule has 1 aromatic carbocycles. The molecular formula is C17H20N2O5S. The molecule has 1 unspecified atom stereocenters. The van der Waals surface area contributed by atoms with Gasteiger partial charge in [0, 0.05) is 31.0 Å². The highest BCUT2D eigenvalue weighted by Gasteiger charge is 2.22. The maximum Gasteiger partial charge on any atom is 0.294 e. The van der Waals surface area contributed by atoms with Gasteiger partial charge in [0.25, 0.3) is 10.1 Å². The van der Waals surface area contributed by atoms with Gasteiger partial charge in [0.2, 0.25) is 0 Å². The van der Waals surface area contributed by atoms with Crippen molar-refractivity contribution in [3.8, 4) is 5.75 Å². The van der Waals surface area contributed by atoms with Gasteiger partial charge >= 0.3 is 0 Å². The Bertz CT molecular complexity index is 826. The number of aromatic nitrogens is 1. The molecule has 0 spiro atoms. The lowest BCUT2D eigenvalue weighted by atomic mass is 10.0. The maximum atomic E-state index is 11.2. The molecule has 0 radical (unpaired) electrons. The minimum absolute atomic E-state index is 0.0646. The highest BCUT2D eigenvalue weighted by atomic mass is 32.2. The standard InChI is InChI=1S/C17H20N2O5S/c20-16(13-2-1-7-18-9-13)11-19-10-14-4-3-12-8-15(25(21,22)23)5-6-17(12)24-14/h1-2,5-9,14,16,19-20H,3-4,10-11H2,(H,21,22,23)/t14?,16-/m1/s1. The molecule has 2 heterocycles. The van der Waals surface area contributed by atoms with Gasteiger partial charge in [-0.1, -0.05) is 6.07 Å². The molecule has 7 nitrogen and oxygen atoms in total. The van der Waals surface area contributed by atoms with Gasteiger partial charge in [0.1, 0.15) is 11.9 Å². The van der Waals surface area contributed by atoms with Gasteiger partial charge in [-0.05, 0) is 42.7 Å².